The van der Waals surface area contributed by atoms with Gasteiger partial charge in [-0.05, 0) is 30.3 Å². The van der Waals surface area contributed by atoms with Gasteiger partial charge in [-0.1, -0.05) is 18.2 Å². The van der Waals surface area contributed by atoms with Gasteiger partial charge in [0.1, 0.15) is 18.4 Å². The van der Waals surface area contributed by atoms with E-state index in [-0.39, 0.29) is 30.0 Å². The van der Waals surface area contributed by atoms with Crippen molar-refractivity contribution in [3.05, 3.63) is 71.4 Å². The Balaban J connectivity index is 1.58. The quantitative estimate of drug-likeness (QED) is 0.585. The number of nitrogens with one attached hydrogen (secondary N) is 1. The van der Waals surface area contributed by atoms with Crippen molar-refractivity contribution in [2.45, 2.75) is 6.17 Å². The second-order valence-electron chi connectivity index (χ2n) is 7.87. The summed E-state index contributed by atoms with van der Waals surface area (Å²) in [5, 5.41) is 2.74. The summed E-state index contributed by atoms with van der Waals surface area (Å²) in [7, 11) is 4.39. The van der Waals surface area contributed by atoms with Gasteiger partial charge in [0, 0.05) is 11.8 Å². The number of methoxy groups -OCH3 is 3. The van der Waals surface area contributed by atoms with E-state index in [0.717, 1.165) is 0 Å². The first kappa shape index (κ1) is 22.2. The van der Waals surface area contributed by atoms with Crippen LogP contribution in [0.15, 0.2) is 54.7 Å². The fourth-order valence-electron chi connectivity index (χ4n) is 4.58. The highest BCUT2D eigenvalue weighted by Crippen LogP contribution is 2.49. The molecule has 0 saturated carbocycles. The summed E-state index contributed by atoms with van der Waals surface area (Å²) in [5.74, 6) is -0.266. The SMILES string of the molecule is COc1ccc2c(c1OC)C(=O)N1c3ccccc3C(=O)N(CC(=O)Nc3cccnc3OC)C21. The monoisotopic (exact) mass is 474 g/mol. The van der Waals surface area contributed by atoms with Gasteiger partial charge in [-0.25, -0.2) is 4.98 Å². The maximum Gasteiger partial charge on any atom is 0.264 e. The molecule has 2 aromatic carbocycles. The maximum atomic E-state index is 13.7. The average molecular weight is 474 g/mol. The summed E-state index contributed by atoms with van der Waals surface area (Å²) < 4.78 is 16.1. The van der Waals surface area contributed by atoms with Gasteiger partial charge >= 0.3 is 0 Å². The molecule has 0 bridgehead atoms. The highest BCUT2D eigenvalue weighted by Gasteiger charge is 2.50. The van der Waals surface area contributed by atoms with E-state index in [1.54, 1.807) is 54.7 Å². The van der Waals surface area contributed by atoms with Crippen LogP contribution in [0.3, 0.4) is 0 Å². The zero-order chi connectivity index (χ0) is 24.7. The van der Waals surface area contributed by atoms with E-state index in [9.17, 15) is 14.4 Å². The number of rotatable bonds is 6. The molecule has 5 rings (SSSR count). The van der Waals surface area contributed by atoms with Crippen molar-refractivity contribution in [3.8, 4) is 17.4 Å². The standard InChI is InChI=1S/C25H22N4O6/c1-33-18-11-10-15-20(21(18)34-2)25(32)29-17-9-5-4-7-14(17)24(31)28(23(15)29)13-19(30)27-16-8-6-12-26-22(16)35-3/h4-12,23H,13H2,1-3H3,(H,27,30). The van der Waals surface area contributed by atoms with Crippen molar-refractivity contribution >= 4 is 29.1 Å². The molecular weight excluding hydrogens is 452 g/mol. The molecule has 2 aliphatic heterocycles. The maximum absolute atomic E-state index is 13.7. The summed E-state index contributed by atoms with van der Waals surface area (Å²) in [4.78, 5) is 47.3. The van der Waals surface area contributed by atoms with Gasteiger partial charge in [-0.15, -0.1) is 0 Å². The van der Waals surface area contributed by atoms with Gasteiger partial charge in [0.05, 0.1) is 38.1 Å². The number of hydrogen-bond donors (Lipinski definition) is 1. The number of anilines is 2. The van der Waals surface area contributed by atoms with Crippen molar-refractivity contribution in [2.24, 2.45) is 0 Å². The lowest BCUT2D eigenvalue weighted by molar-refractivity contribution is -0.117. The van der Waals surface area contributed by atoms with Crippen LogP contribution >= 0.6 is 0 Å². The van der Waals surface area contributed by atoms with Crippen LogP contribution in [0.25, 0.3) is 0 Å². The molecule has 1 unspecified atom stereocenters. The Hall–Kier alpha value is -4.60. The highest BCUT2D eigenvalue weighted by atomic mass is 16.5. The van der Waals surface area contributed by atoms with Gasteiger partial charge in [0.2, 0.25) is 11.8 Å². The van der Waals surface area contributed by atoms with Crippen LogP contribution in [0.2, 0.25) is 0 Å². The summed E-state index contributed by atoms with van der Waals surface area (Å²) in [5.41, 5.74) is 2.00. The lowest BCUT2D eigenvalue weighted by Crippen LogP contribution is -2.50. The molecule has 0 radical (unpaired) electrons. The number of fused-ring (bicyclic) bond motifs is 5. The van der Waals surface area contributed by atoms with Crippen molar-refractivity contribution < 1.29 is 28.6 Å². The van der Waals surface area contributed by atoms with Crippen molar-refractivity contribution in [1.29, 1.82) is 0 Å². The predicted molar refractivity (Wildman–Crippen MR) is 126 cm³/mol. The second-order valence-corrected chi connectivity index (χ2v) is 7.87. The fourth-order valence-corrected chi connectivity index (χ4v) is 4.58. The van der Waals surface area contributed by atoms with E-state index in [0.29, 0.717) is 33.8 Å². The molecule has 3 aromatic rings. The number of carbonyl (C=O) groups is 3. The molecule has 0 aliphatic carbocycles. The number of nitrogens with zero attached hydrogens (tertiary/aromatic N) is 3. The van der Waals surface area contributed by atoms with Crippen LogP contribution in [0.5, 0.6) is 17.4 Å². The highest BCUT2D eigenvalue weighted by molar-refractivity contribution is 6.18. The summed E-state index contributed by atoms with van der Waals surface area (Å²) in [6.45, 7) is -0.312. The van der Waals surface area contributed by atoms with Crippen molar-refractivity contribution in [3.63, 3.8) is 0 Å². The van der Waals surface area contributed by atoms with Crippen molar-refractivity contribution in [2.75, 3.05) is 38.1 Å². The molecular formula is C25H22N4O6. The van der Waals surface area contributed by atoms with Gasteiger partial charge in [-0.3, -0.25) is 19.3 Å². The molecule has 35 heavy (non-hydrogen) atoms. The molecule has 1 N–H and O–H groups in total. The van der Waals surface area contributed by atoms with E-state index in [1.807, 2.05) is 0 Å². The van der Waals surface area contributed by atoms with Gasteiger partial charge in [0.15, 0.2) is 11.5 Å². The Bertz CT molecular complexity index is 1360. The molecule has 0 saturated heterocycles. The van der Waals surface area contributed by atoms with E-state index >= 15 is 0 Å². The van der Waals surface area contributed by atoms with Gasteiger partial charge in [-0.2, -0.15) is 0 Å². The third-order valence-corrected chi connectivity index (χ3v) is 6.04. The zero-order valence-corrected chi connectivity index (χ0v) is 19.3. The lowest BCUT2D eigenvalue weighted by atomic mass is 10.0. The molecule has 178 valence electrons. The molecule has 3 heterocycles. The molecule has 2 aliphatic rings. The number of aromatic nitrogens is 1. The zero-order valence-electron chi connectivity index (χ0n) is 19.3. The number of hydrogen-bond acceptors (Lipinski definition) is 7. The third-order valence-electron chi connectivity index (χ3n) is 6.04. The third kappa shape index (κ3) is 3.41. The smallest absolute Gasteiger partial charge is 0.264 e. The summed E-state index contributed by atoms with van der Waals surface area (Å²) >= 11 is 0. The normalized spacial score (nSPS) is 15.8. The molecule has 10 nitrogen and oxygen atoms in total. The molecule has 1 aromatic heterocycles. The first-order chi connectivity index (χ1) is 17.0. The Kier molecular flexibility index (Phi) is 5.48. The fraction of sp³-hybridized carbons (Fsp3) is 0.200. The number of pyridine rings is 1. The first-order valence-electron chi connectivity index (χ1n) is 10.8. The van der Waals surface area contributed by atoms with Crippen LogP contribution in [-0.2, 0) is 4.79 Å². The molecule has 10 heteroatoms. The molecule has 0 fully saturated rings. The summed E-state index contributed by atoms with van der Waals surface area (Å²) in [6.07, 6.45) is 0.710. The minimum absolute atomic E-state index is 0.246. The summed E-state index contributed by atoms with van der Waals surface area (Å²) in [6, 6.07) is 13.5. The number of amides is 3. The van der Waals surface area contributed by atoms with Crippen LogP contribution in [-0.4, -0.2) is 55.5 Å². The Morgan fingerprint density at radius 1 is 0.971 bits per heavy atom. The van der Waals surface area contributed by atoms with Crippen LogP contribution in [0.1, 0.15) is 32.4 Å². The van der Waals surface area contributed by atoms with Gasteiger partial charge < -0.3 is 24.4 Å². The van der Waals surface area contributed by atoms with Crippen LogP contribution in [0, 0.1) is 0 Å². The molecule has 0 spiro atoms. The Morgan fingerprint density at radius 3 is 2.51 bits per heavy atom. The first-order valence-corrected chi connectivity index (χ1v) is 10.8. The molecule has 1 atom stereocenters. The number of carbonyl (C=O) groups excluding carboxylic acids is 3. The second kappa shape index (κ2) is 8.64. The van der Waals surface area contributed by atoms with E-state index < -0.39 is 12.1 Å². The van der Waals surface area contributed by atoms with E-state index in [1.165, 1.54) is 31.1 Å². The topological polar surface area (TPSA) is 110 Å². The Labute approximate surface area is 201 Å². The minimum Gasteiger partial charge on any atom is -0.493 e. The Morgan fingerprint density at radius 2 is 1.77 bits per heavy atom. The average Bonchev–Trinajstić information content (AvgIpc) is 3.18. The van der Waals surface area contributed by atoms with Gasteiger partial charge in [0.25, 0.3) is 11.8 Å². The van der Waals surface area contributed by atoms with E-state index in [4.69, 9.17) is 14.2 Å². The van der Waals surface area contributed by atoms with Crippen LogP contribution in [0.4, 0.5) is 11.4 Å². The number of para-hydroxylation sites is 1. The van der Waals surface area contributed by atoms with Crippen LogP contribution < -0.4 is 24.4 Å². The van der Waals surface area contributed by atoms with E-state index in [2.05, 4.69) is 10.3 Å². The lowest BCUT2D eigenvalue weighted by Gasteiger charge is -2.40. The minimum atomic E-state index is -0.832. The largest absolute Gasteiger partial charge is 0.493 e. The molecule has 3 amide bonds. The number of ether oxygens (including phenoxy) is 3. The van der Waals surface area contributed by atoms with Crippen molar-refractivity contribution in [1.82, 2.24) is 9.88 Å². The number of benzene rings is 2. The predicted octanol–water partition coefficient (Wildman–Crippen LogP) is 2.86.